The van der Waals surface area contributed by atoms with E-state index in [4.69, 9.17) is 10.2 Å². The summed E-state index contributed by atoms with van der Waals surface area (Å²) in [6, 6.07) is 4.95. The van der Waals surface area contributed by atoms with Crippen LogP contribution in [0.2, 0.25) is 0 Å². The zero-order valence-corrected chi connectivity index (χ0v) is 10.3. The molecule has 19 heavy (non-hydrogen) atoms. The molecule has 1 amide bonds. The minimum atomic E-state index is -1.09. The number of carboxylic acids is 1. The average Bonchev–Trinajstić information content (AvgIpc) is 2.37. The highest BCUT2D eigenvalue weighted by Gasteiger charge is 2.20. The molecule has 0 saturated carbocycles. The second-order valence-corrected chi connectivity index (χ2v) is 3.89. The molecule has 0 aliphatic heterocycles. The number of rotatable bonds is 7. The van der Waals surface area contributed by atoms with Crippen molar-refractivity contribution in [3.8, 4) is 5.75 Å². The molecule has 6 heteroatoms. The maximum Gasteiger partial charge on any atom is 0.321 e. The number of anilines is 1. The number of aromatic hydroxyl groups is 1. The number of carboxylic acid groups (broad SMARTS) is 1. The Balaban J connectivity index is 2.54. The van der Waals surface area contributed by atoms with Gasteiger partial charge in [0.25, 0.3) is 0 Å². The molecule has 0 aliphatic rings. The van der Waals surface area contributed by atoms with Gasteiger partial charge in [-0.2, -0.15) is 0 Å². The van der Waals surface area contributed by atoms with Gasteiger partial charge in [-0.25, -0.2) is 0 Å². The molecule has 0 heterocycles. The van der Waals surface area contributed by atoms with E-state index in [9.17, 15) is 9.59 Å². The normalized spacial score (nSPS) is 11.6. The predicted molar refractivity (Wildman–Crippen MR) is 71.0 cm³/mol. The SMILES string of the molecule is C=CCNC(CC(=O)Nc1ccc(O)cc1)C(=O)O. The third-order valence-electron chi connectivity index (χ3n) is 2.35. The van der Waals surface area contributed by atoms with Crippen LogP contribution >= 0.6 is 0 Å². The van der Waals surface area contributed by atoms with E-state index >= 15 is 0 Å². The lowest BCUT2D eigenvalue weighted by molar-refractivity contribution is -0.140. The van der Waals surface area contributed by atoms with Crippen LogP contribution in [0.3, 0.4) is 0 Å². The standard InChI is InChI=1S/C13H16N2O4/c1-2-7-14-11(13(18)19)8-12(17)15-9-3-5-10(16)6-4-9/h2-6,11,14,16H,1,7-8H2,(H,15,17)(H,18,19). The van der Waals surface area contributed by atoms with Gasteiger partial charge in [-0.3, -0.25) is 9.59 Å². The molecule has 1 aromatic rings. The summed E-state index contributed by atoms with van der Waals surface area (Å²) >= 11 is 0. The van der Waals surface area contributed by atoms with Crippen LogP contribution in [-0.4, -0.2) is 34.7 Å². The van der Waals surface area contributed by atoms with Gasteiger partial charge < -0.3 is 20.8 Å². The lowest BCUT2D eigenvalue weighted by atomic mass is 10.2. The first-order valence-electron chi connectivity index (χ1n) is 5.69. The summed E-state index contributed by atoms with van der Waals surface area (Å²) in [7, 11) is 0. The van der Waals surface area contributed by atoms with Crippen molar-refractivity contribution in [2.75, 3.05) is 11.9 Å². The molecule has 6 nitrogen and oxygen atoms in total. The summed E-state index contributed by atoms with van der Waals surface area (Å²) in [5, 5.41) is 23.3. The molecule has 102 valence electrons. The zero-order chi connectivity index (χ0) is 14.3. The highest BCUT2D eigenvalue weighted by Crippen LogP contribution is 2.14. The van der Waals surface area contributed by atoms with Crippen molar-refractivity contribution in [2.24, 2.45) is 0 Å². The Hall–Kier alpha value is -2.34. The minimum Gasteiger partial charge on any atom is -0.508 e. The molecule has 1 unspecified atom stereocenters. The van der Waals surface area contributed by atoms with Gasteiger partial charge in [-0.1, -0.05) is 6.08 Å². The maximum absolute atomic E-state index is 11.7. The van der Waals surface area contributed by atoms with Crippen molar-refractivity contribution in [1.82, 2.24) is 5.32 Å². The van der Waals surface area contributed by atoms with Crippen LogP contribution in [0.1, 0.15) is 6.42 Å². The van der Waals surface area contributed by atoms with Crippen LogP contribution in [0.4, 0.5) is 5.69 Å². The number of carbonyl (C=O) groups excluding carboxylic acids is 1. The number of benzene rings is 1. The zero-order valence-electron chi connectivity index (χ0n) is 10.3. The molecule has 1 atom stereocenters. The average molecular weight is 264 g/mol. The summed E-state index contributed by atoms with van der Waals surface area (Å²) in [5.41, 5.74) is 0.496. The number of carbonyl (C=O) groups is 2. The third kappa shape index (κ3) is 5.22. The van der Waals surface area contributed by atoms with Gasteiger partial charge in [0.05, 0.1) is 6.42 Å². The van der Waals surface area contributed by atoms with E-state index in [1.165, 1.54) is 30.3 Å². The Bertz CT molecular complexity index is 456. The van der Waals surface area contributed by atoms with Crippen LogP contribution < -0.4 is 10.6 Å². The molecule has 0 bridgehead atoms. The van der Waals surface area contributed by atoms with Gasteiger partial charge in [0, 0.05) is 12.2 Å². The van der Waals surface area contributed by atoms with Gasteiger partial charge in [0.1, 0.15) is 11.8 Å². The number of amides is 1. The highest BCUT2D eigenvalue weighted by molar-refractivity contribution is 5.94. The Morgan fingerprint density at radius 1 is 1.32 bits per heavy atom. The van der Waals surface area contributed by atoms with E-state index < -0.39 is 17.9 Å². The fraction of sp³-hybridized carbons (Fsp3) is 0.231. The lowest BCUT2D eigenvalue weighted by Gasteiger charge is -2.13. The quantitative estimate of drug-likeness (QED) is 0.434. The van der Waals surface area contributed by atoms with Crippen molar-refractivity contribution in [2.45, 2.75) is 12.5 Å². The summed E-state index contributed by atoms with van der Waals surface area (Å²) < 4.78 is 0. The van der Waals surface area contributed by atoms with Crippen LogP contribution in [0.15, 0.2) is 36.9 Å². The Labute approximate surface area is 110 Å². The molecule has 0 radical (unpaired) electrons. The predicted octanol–water partition coefficient (Wildman–Crippen LogP) is 0.950. The first kappa shape index (κ1) is 14.7. The van der Waals surface area contributed by atoms with Gasteiger partial charge in [-0.15, -0.1) is 6.58 Å². The van der Waals surface area contributed by atoms with Crippen molar-refractivity contribution < 1.29 is 19.8 Å². The second kappa shape index (κ2) is 7.17. The Morgan fingerprint density at radius 2 is 1.95 bits per heavy atom. The van der Waals surface area contributed by atoms with Crippen LogP contribution in [0, 0.1) is 0 Å². The summed E-state index contributed by atoms with van der Waals surface area (Å²) in [6.07, 6.45) is 1.33. The van der Waals surface area contributed by atoms with Crippen molar-refractivity contribution in [1.29, 1.82) is 0 Å². The molecule has 1 rings (SSSR count). The van der Waals surface area contributed by atoms with E-state index in [-0.39, 0.29) is 12.2 Å². The van der Waals surface area contributed by atoms with E-state index in [1.807, 2.05) is 0 Å². The number of hydrogen-bond donors (Lipinski definition) is 4. The largest absolute Gasteiger partial charge is 0.508 e. The van der Waals surface area contributed by atoms with Crippen LogP contribution in [0.25, 0.3) is 0 Å². The minimum absolute atomic E-state index is 0.0917. The fourth-order valence-corrected chi connectivity index (χ4v) is 1.41. The van der Waals surface area contributed by atoms with Crippen LogP contribution in [-0.2, 0) is 9.59 Å². The van der Waals surface area contributed by atoms with Gasteiger partial charge >= 0.3 is 5.97 Å². The summed E-state index contributed by atoms with van der Waals surface area (Å²) in [4.78, 5) is 22.6. The molecule has 0 saturated heterocycles. The molecule has 0 aromatic heterocycles. The van der Waals surface area contributed by atoms with E-state index in [2.05, 4.69) is 17.2 Å². The highest BCUT2D eigenvalue weighted by atomic mass is 16.4. The number of phenolic OH excluding ortho intramolecular Hbond substituents is 1. The molecule has 0 spiro atoms. The maximum atomic E-state index is 11.7. The Kier molecular flexibility index (Phi) is 5.56. The monoisotopic (exact) mass is 264 g/mol. The number of phenols is 1. The van der Waals surface area contributed by atoms with E-state index in [0.29, 0.717) is 12.2 Å². The molecule has 4 N–H and O–H groups in total. The Morgan fingerprint density at radius 3 is 2.47 bits per heavy atom. The second-order valence-electron chi connectivity index (χ2n) is 3.89. The smallest absolute Gasteiger partial charge is 0.321 e. The lowest BCUT2D eigenvalue weighted by Crippen LogP contribution is -2.39. The molecular weight excluding hydrogens is 248 g/mol. The number of nitrogens with one attached hydrogen (secondary N) is 2. The van der Waals surface area contributed by atoms with E-state index in [0.717, 1.165) is 0 Å². The van der Waals surface area contributed by atoms with E-state index in [1.54, 1.807) is 0 Å². The number of hydrogen-bond acceptors (Lipinski definition) is 4. The molecular formula is C13H16N2O4. The van der Waals surface area contributed by atoms with Crippen molar-refractivity contribution in [3.05, 3.63) is 36.9 Å². The first-order valence-corrected chi connectivity index (χ1v) is 5.69. The molecule has 0 fully saturated rings. The van der Waals surface area contributed by atoms with Gasteiger partial charge in [-0.05, 0) is 24.3 Å². The van der Waals surface area contributed by atoms with Crippen molar-refractivity contribution >= 4 is 17.6 Å². The molecule has 1 aromatic carbocycles. The van der Waals surface area contributed by atoms with Crippen molar-refractivity contribution in [3.63, 3.8) is 0 Å². The number of aliphatic carboxylic acids is 1. The molecule has 0 aliphatic carbocycles. The van der Waals surface area contributed by atoms with Gasteiger partial charge in [0.2, 0.25) is 5.91 Å². The summed E-state index contributed by atoms with van der Waals surface area (Å²) in [5.74, 6) is -1.42. The first-order chi connectivity index (χ1) is 9.02. The summed E-state index contributed by atoms with van der Waals surface area (Å²) in [6.45, 7) is 3.78. The topological polar surface area (TPSA) is 98.7 Å². The fourth-order valence-electron chi connectivity index (χ4n) is 1.41. The van der Waals surface area contributed by atoms with Gasteiger partial charge in [0.15, 0.2) is 0 Å². The van der Waals surface area contributed by atoms with Crippen LogP contribution in [0.5, 0.6) is 5.75 Å². The third-order valence-corrected chi connectivity index (χ3v) is 2.35.